The number of amides is 1. The molecule has 0 aliphatic heterocycles. The van der Waals surface area contributed by atoms with E-state index in [1.165, 1.54) is 19.3 Å². The van der Waals surface area contributed by atoms with Gasteiger partial charge >= 0.3 is 0 Å². The zero-order valence-corrected chi connectivity index (χ0v) is 11.3. The molecular formula is C15H22N2O. The van der Waals surface area contributed by atoms with Gasteiger partial charge in [0.1, 0.15) is 0 Å². The Balaban J connectivity index is 1.82. The maximum Gasteiger partial charge on any atom is 0.238 e. The molecule has 0 heterocycles. The van der Waals surface area contributed by atoms with Crippen molar-refractivity contribution in [3.8, 4) is 0 Å². The van der Waals surface area contributed by atoms with Gasteiger partial charge in [0.05, 0.1) is 6.54 Å². The van der Waals surface area contributed by atoms with E-state index in [1.807, 2.05) is 31.2 Å². The van der Waals surface area contributed by atoms with E-state index in [9.17, 15) is 4.79 Å². The Morgan fingerprint density at radius 2 is 2.17 bits per heavy atom. The van der Waals surface area contributed by atoms with Crippen LogP contribution in [0.2, 0.25) is 0 Å². The molecule has 1 fully saturated rings. The molecule has 0 aromatic heterocycles. The minimum absolute atomic E-state index is 0.0420. The van der Waals surface area contributed by atoms with Crippen molar-refractivity contribution in [3.05, 3.63) is 29.8 Å². The van der Waals surface area contributed by atoms with Crippen molar-refractivity contribution in [2.75, 3.05) is 11.9 Å². The first kappa shape index (κ1) is 13.1. The average molecular weight is 246 g/mol. The number of benzene rings is 1. The lowest BCUT2D eigenvalue weighted by atomic mass is 9.75. The van der Waals surface area contributed by atoms with E-state index in [2.05, 4.69) is 17.6 Å². The number of carbonyl (C=O) groups is 1. The van der Waals surface area contributed by atoms with Crippen LogP contribution in [-0.4, -0.2) is 18.0 Å². The molecule has 2 N–H and O–H groups in total. The summed E-state index contributed by atoms with van der Waals surface area (Å²) in [6.45, 7) is 4.61. The number of carbonyl (C=O) groups excluding carboxylic acids is 1. The Kier molecular flexibility index (Phi) is 4.02. The lowest BCUT2D eigenvalue weighted by molar-refractivity contribution is -0.116. The van der Waals surface area contributed by atoms with Crippen LogP contribution in [0.1, 0.15) is 38.2 Å². The predicted octanol–water partition coefficient (Wildman–Crippen LogP) is 2.86. The predicted molar refractivity (Wildman–Crippen MR) is 74.7 cm³/mol. The molecule has 1 aromatic carbocycles. The highest BCUT2D eigenvalue weighted by Crippen LogP contribution is 2.34. The van der Waals surface area contributed by atoms with Crippen LogP contribution in [-0.2, 0) is 4.79 Å². The maximum atomic E-state index is 11.9. The normalized spacial score (nSPS) is 17.0. The first-order valence-corrected chi connectivity index (χ1v) is 6.75. The van der Waals surface area contributed by atoms with Gasteiger partial charge in [-0.25, -0.2) is 0 Å². The second-order valence-electron chi connectivity index (χ2n) is 5.26. The fraction of sp³-hybridized carbons (Fsp3) is 0.533. The van der Waals surface area contributed by atoms with E-state index in [1.54, 1.807) is 0 Å². The number of rotatable bonds is 5. The van der Waals surface area contributed by atoms with Crippen LogP contribution in [0.4, 0.5) is 5.69 Å². The van der Waals surface area contributed by atoms with Gasteiger partial charge in [0.15, 0.2) is 0 Å². The van der Waals surface area contributed by atoms with Gasteiger partial charge in [-0.1, -0.05) is 19.1 Å². The van der Waals surface area contributed by atoms with Crippen molar-refractivity contribution >= 4 is 11.6 Å². The van der Waals surface area contributed by atoms with E-state index >= 15 is 0 Å². The maximum absolute atomic E-state index is 11.9. The fourth-order valence-electron chi connectivity index (χ4n) is 2.45. The Morgan fingerprint density at radius 3 is 2.72 bits per heavy atom. The summed E-state index contributed by atoms with van der Waals surface area (Å²) in [7, 11) is 0. The third-order valence-electron chi connectivity index (χ3n) is 3.91. The van der Waals surface area contributed by atoms with Gasteiger partial charge in [-0.2, -0.15) is 0 Å². The van der Waals surface area contributed by atoms with Crippen molar-refractivity contribution in [1.29, 1.82) is 0 Å². The minimum Gasteiger partial charge on any atom is -0.325 e. The van der Waals surface area contributed by atoms with Crippen LogP contribution in [0.15, 0.2) is 24.3 Å². The van der Waals surface area contributed by atoms with Gasteiger partial charge < -0.3 is 10.6 Å². The zero-order valence-electron chi connectivity index (χ0n) is 11.3. The Hall–Kier alpha value is -1.35. The van der Waals surface area contributed by atoms with Gasteiger partial charge in [0, 0.05) is 11.2 Å². The van der Waals surface area contributed by atoms with E-state index < -0.39 is 0 Å². The number of aryl methyl sites for hydroxylation is 1. The Bertz CT molecular complexity index is 419. The lowest BCUT2D eigenvalue weighted by Gasteiger charge is -2.42. The quantitative estimate of drug-likeness (QED) is 0.838. The second-order valence-corrected chi connectivity index (χ2v) is 5.26. The van der Waals surface area contributed by atoms with Gasteiger partial charge in [-0.3, -0.25) is 4.79 Å². The molecule has 0 bridgehead atoms. The Morgan fingerprint density at radius 1 is 1.39 bits per heavy atom. The molecule has 1 saturated carbocycles. The first-order chi connectivity index (χ1) is 8.63. The summed E-state index contributed by atoms with van der Waals surface area (Å²) >= 11 is 0. The van der Waals surface area contributed by atoms with Crippen molar-refractivity contribution in [1.82, 2.24) is 5.32 Å². The van der Waals surface area contributed by atoms with Gasteiger partial charge in [0.25, 0.3) is 0 Å². The van der Waals surface area contributed by atoms with Crippen molar-refractivity contribution < 1.29 is 4.79 Å². The highest BCUT2D eigenvalue weighted by atomic mass is 16.1. The molecule has 98 valence electrons. The molecule has 0 radical (unpaired) electrons. The summed E-state index contributed by atoms with van der Waals surface area (Å²) in [6, 6.07) is 7.88. The summed E-state index contributed by atoms with van der Waals surface area (Å²) in [5, 5.41) is 6.33. The fourth-order valence-corrected chi connectivity index (χ4v) is 2.45. The summed E-state index contributed by atoms with van der Waals surface area (Å²) in [6.07, 6.45) is 4.77. The number of nitrogens with one attached hydrogen (secondary N) is 2. The molecule has 0 spiro atoms. The number of anilines is 1. The van der Waals surface area contributed by atoms with E-state index in [0.717, 1.165) is 17.7 Å². The summed E-state index contributed by atoms with van der Waals surface area (Å²) in [4.78, 5) is 11.9. The highest BCUT2D eigenvalue weighted by Gasteiger charge is 2.34. The van der Waals surface area contributed by atoms with Crippen LogP contribution < -0.4 is 10.6 Å². The molecular weight excluding hydrogens is 224 g/mol. The van der Waals surface area contributed by atoms with Crippen molar-refractivity contribution in [3.63, 3.8) is 0 Å². The standard InChI is InChI=1S/C15H22N2O/c1-3-15(8-5-9-15)16-11-14(18)17-13-7-4-6-12(2)10-13/h4,6-7,10,16H,3,5,8-9,11H2,1-2H3,(H,17,18). The molecule has 18 heavy (non-hydrogen) atoms. The van der Waals surface area contributed by atoms with E-state index in [-0.39, 0.29) is 11.4 Å². The molecule has 1 aliphatic rings. The van der Waals surface area contributed by atoms with Gasteiger partial charge in [-0.05, 0) is 50.3 Å². The summed E-state index contributed by atoms with van der Waals surface area (Å²) in [5.41, 5.74) is 2.26. The smallest absolute Gasteiger partial charge is 0.238 e. The van der Waals surface area contributed by atoms with Crippen LogP contribution in [0.3, 0.4) is 0 Å². The molecule has 0 unspecified atom stereocenters. The topological polar surface area (TPSA) is 41.1 Å². The molecule has 3 nitrogen and oxygen atoms in total. The van der Waals surface area contributed by atoms with Crippen molar-refractivity contribution in [2.24, 2.45) is 0 Å². The van der Waals surface area contributed by atoms with Crippen LogP contribution in [0, 0.1) is 6.92 Å². The average Bonchev–Trinajstić information content (AvgIpc) is 2.28. The monoisotopic (exact) mass is 246 g/mol. The number of hydrogen-bond acceptors (Lipinski definition) is 2. The van der Waals surface area contributed by atoms with Crippen LogP contribution >= 0.6 is 0 Å². The first-order valence-electron chi connectivity index (χ1n) is 6.75. The van der Waals surface area contributed by atoms with Gasteiger partial charge in [-0.15, -0.1) is 0 Å². The largest absolute Gasteiger partial charge is 0.325 e. The minimum atomic E-state index is 0.0420. The number of hydrogen-bond donors (Lipinski definition) is 2. The zero-order chi connectivity index (χ0) is 13.0. The lowest BCUT2D eigenvalue weighted by Crippen LogP contribution is -2.52. The molecule has 1 aromatic rings. The third-order valence-corrected chi connectivity index (χ3v) is 3.91. The van der Waals surface area contributed by atoms with Crippen LogP contribution in [0.25, 0.3) is 0 Å². The van der Waals surface area contributed by atoms with E-state index in [4.69, 9.17) is 0 Å². The molecule has 2 rings (SSSR count). The highest BCUT2D eigenvalue weighted by molar-refractivity contribution is 5.92. The Labute approximate surface area is 109 Å². The molecule has 1 amide bonds. The third kappa shape index (κ3) is 3.10. The summed E-state index contributed by atoms with van der Waals surface area (Å²) < 4.78 is 0. The van der Waals surface area contributed by atoms with Gasteiger partial charge in [0.2, 0.25) is 5.91 Å². The summed E-state index contributed by atoms with van der Waals surface area (Å²) in [5.74, 6) is 0.0420. The molecule has 0 atom stereocenters. The van der Waals surface area contributed by atoms with E-state index in [0.29, 0.717) is 6.54 Å². The molecule has 3 heteroatoms. The van der Waals surface area contributed by atoms with Crippen LogP contribution in [0.5, 0.6) is 0 Å². The second kappa shape index (κ2) is 5.53. The molecule has 0 saturated heterocycles. The SMILES string of the molecule is CCC1(NCC(=O)Nc2cccc(C)c2)CCC1. The van der Waals surface area contributed by atoms with Crippen molar-refractivity contribution in [2.45, 2.75) is 45.1 Å². The molecule has 1 aliphatic carbocycles.